The van der Waals surface area contributed by atoms with E-state index in [1.165, 1.54) is 11.3 Å². The van der Waals surface area contributed by atoms with Gasteiger partial charge in [-0.05, 0) is 25.5 Å². The number of nitrogens with one attached hydrogen (secondary N) is 1. The molecule has 2 N–H and O–H groups in total. The van der Waals surface area contributed by atoms with Crippen molar-refractivity contribution in [2.75, 3.05) is 25.0 Å². The molecule has 0 aliphatic carbocycles. The van der Waals surface area contributed by atoms with Crippen molar-refractivity contribution in [1.82, 2.24) is 19.9 Å². The Kier molecular flexibility index (Phi) is 4.97. The maximum atomic E-state index is 12.4. The van der Waals surface area contributed by atoms with Crippen molar-refractivity contribution in [1.29, 1.82) is 0 Å². The molecule has 3 aromatic rings. The number of hydrogen-bond donors (Lipinski definition) is 2. The van der Waals surface area contributed by atoms with Crippen LogP contribution in [0.3, 0.4) is 0 Å². The summed E-state index contributed by atoms with van der Waals surface area (Å²) in [5.41, 5.74) is 0.621. The molecule has 0 bridgehead atoms. The van der Waals surface area contributed by atoms with Crippen molar-refractivity contribution >= 4 is 23.1 Å². The van der Waals surface area contributed by atoms with Crippen molar-refractivity contribution in [3.63, 3.8) is 0 Å². The van der Waals surface area contributed by atoms with Crippen LogP contribution in [0.1, 0.15) is 12.2 Å². The third kappa shape index (κ3) is 4.21. The second-order valence-corrected chi connectivity index (χ2v) is 7.33. The molecule has 1 unspecified atom stereocenters. The molecule has 1 aliphatic rings. The Morgan fingerprint density at radius 3 is 3.00 bits per heavy atom. The standard InChI is InChI=1S/C18H19N5O3S/c1-11-2-3-14(26-11)17-20-13(18-19-5-7-27-18)8-15(22-17)21-16(25)10-23-6-4-12(24)9-23/h2-3,5,7-8,12,24H,4,6,9-10H2,1H3,(H,20,21,22,25). The lowest BCUT2D eigenvalue weighted by molar-refractivity contribution is -0.117. The first-order chi connectivity index (χ1) is 13.1. The number of β-amino-alcohol motifs (C(OH)–C–C–N with tert-alkyl or cyclic N) is 1. The number of hydrogen-bond acceptors (Lipinski definition) is 8. The van der Waals surface area contributed by atoms with Crippen LogP contribution in [0.4, 0.5) is 5.82 Å². The molecule has 1 atom stereocenters. The Morgan fingerprint density at radius 2 is 2.33 bits per heavy atom. The molecule has 9 heteroatoms. The molecule has 1 fully saturated rings. The molecule has 3 aromatic heterocycles. The van der Waals surface area contributed by atoms with Gasteiger partial charge >= 0.3 is 0 Å². The number of aryl methyl sites for hydroxylation is 1. The monoisotopic (exact) mass is 385 g/mol. The van der Waals surface area contributed by atoms with E-state index in [0.29, 0.717) is 42.6 Å². The molecule has 4 rings (SSSR count). The lowest BCUT2D eigenvalue weighted by Gasteiger charge is -2.14. The van der Waals surface area contributed by atoms with Gasteiger partial charge in [-0.3, -0.25) is 9.69 Å². The number of aliphatic hydroxyl groups excluding tert-OH is 1. The third-order valence-electron chi connectivity index (χ3n) is 4.22. The lowest BCUT2D eigenvalue weighted by atomic mass is 10.3. The van der Waals surface area contributed by atoms with Crippen LogP contribution in [0.5, 0.6) is 0 Å². The van der Waals surface area contributed by atoms with Crippen LogP contribution >= 0.6 is 11.3 Å². The first kappa shape index (κ1) is 17.8. The van der Waals surface area contributed by atoms with E-state index in [-0.39, 0.29) is 18.6 Å². The normalized spacial score (nSPS) is 17.3. The van der Waals surface area contributed by atoms with Crippen LogP contribution in [-0.2, 0) is 4.79 Å². The largest absolute Gasteiger partial charge is 0.458 e. The van der Waals surface area contributed by atoms with Gasteiger partial charge in [0.2, 0.25) is 5.91 Å². The second kappa shape index (κ2) is 7.55. The Hall–Kier alpha value is -2.62. The van der Waals surface area contributed by atoms with Crippen molar-refractivity contribution in [2.24, 2.45) is 0 Å². The highest BCUT2D eigenvalue weighted by Crippen LogP contribution is 2.26. The molecular weight excluding hydrogens is 366 g/mol. The van der Waals surface area contributed by atoms with Gasteiger partial charge in [-0.15, -0.1) is 11.3 Å². The van der Waals surface area contributed by atoms with Gasteiger partial charge < -0.3 is 14.8 Å². The molecule has 140 valence electrons. The Balaban J connectivity index is 1.59. The quantitative estimate of drug-likeness (QED) is 0.693. The highest BCUT2D eigenvalue weighted by atomic mass is 32.1. The minimum Gasteiger partial charge on any atom is -0.458 e. The van der Waals surface area contributed by atoms with Gasteiger partial charge in [-0.2, -0.15) is 0 Å². The lowest BCUT2D eigenvalue weighted by Crippen LogP contribution is -2.32. The molecule has 4 heterocycles. The van der Waals surface area contributed by atoms with Gasteiger partial charge in [-0.25, -0.2) is 15.0 Å². The van der Waals surface area contributed by atoms with Crippen molar-refractivity contribution in [3.05, 3.63) is 35.5 Å². The topological polar surface area (TPSA) is 104 Å². The fourth-order valence-corrected chi connectivity index (χ4v) is 3.57. The number of furan rings is 1. The van der Waals surface area contributed by atoms with E-state index in [2.05, 4.69) is 20.3 Å². The Morgan fingerprint density at radius 1 is 1.44 bits per heavy atom. The average Bonchev–Trinajstić information content (AvgIpc) is 3.37. The molecule has 0 radical (unpaired) electrons. The molecule has 0 spiro atoms. The zero-order valence-electron chi connectivity index (χ0n) is 14.8. The molecule has 27 heavy (non-hydrogen) atoms. The highest BCUT2D eigenvalue weighted by molar-refractivity contribution is 7.13. The van der Waals surface area contributed by atoms with Crippen LogP contribution in [0.2, 0.25) is 0 Å². The molecular formula is C18H19N5O3S. The average molecular weight is 385 g/mol. The number of aliphatic hydroxyl groups is 1. The van der Waals surface area contributed by atoms with E-state index in [0.717, 1.165) is 10.8 Å². The summed E-state index contributed by atoms with van der Waals surface area (Å²) < 4.78 is 5.63. The minimum atomic E-state index is -0.359. The number of carbonyl (C=O) groups is 1. The van der Waals surface area contributed by atoms with Crippen molar-refractivity contribution in [2.45, 2.75) is 19.4 Å². The summed E-state index contributed by atoms with van der Waals surface area (Å²) in [4.78, 5) is 27.6. The van der Waals surface area contributed by atoms with Gasteiger partial charge in [0.25, 0.3) is 0 Å². The van der Waals surface area contributed by atoms with E-state index < -0.39 is 0 Å². The summed E-state index contributed by atoms with van der Waals surface area (Å²) in [5, 5.41) is 15.0. The summed E-state index contributed by atoms with van der Waals surface area (Å²) in [6.45, 7) is 3.28. The van der Waals surface area contributed by atoms with E-state index in [4.69, 9.17) is 4.42 Å². The van der Waals surface area contributed by atoms with Crippen LogP contribution in [0, 0.1) is 6.92 Å². The van der Waals surface area contributed by atoms with Gasteiger partial charge in [0.05, 0.1) is 12.6 Å². The fraction of sp³-hybridized carbons (Fsp3) is 0.333. The number of aromatic nitrogens is 3. The SMILES string of the molecule is Cc1ccc(-c2nc(NC(=O)CN3CCC(O)C3)cc(-c3nccs3)n2)o1. The zero-order valence-corrected chi connectivity index (χ0v) is 15.6. The highest BCUT2D eigenvalue weighted by Gasteiger charge is 2.22. The van der Waals surface area contributed by atoms with Crippen molar-refractivity contribution in [3.8, 4) is 22.3 Å². The van der Waals surface area contributed by atoms with Crippen LogP contribution in [0.25, 0.3) is 22.3 Å². The van der Waals surface area contributed by atoms with Gasteiger partial charge in [0.1, 0.15) is 22.3 Å². The summed E-state index contributed by atoms with van der Waals surface area (Å²) in [6, 6.07) is 5.34. The van der Waals surface area contributed by atoms with Crippen LogP contribution in [-0.4, -0.2) is 56.6 Å². The summed E-state index contributed by atoms with van der Waals surface area (Å²) in [7, 11) is 0. The van der Waals surface area contributed by atoms with Crippen molar-refractivity contribution < 1.29 is 14.3 Å². The first-order valence-electron chi connectivity index (χ1n) is 8.63. The molecule has 8 nitrogen and oxygen atoms in total. The molecule has 1 amide bonds. The van der Waals surface area contributed by atoms with Crippen LogP contribution in [0.15, 0.2) is 34.2 Å². The van der Waals surface area contributed by atoms with E-state index in [1.54, 1.807) is 18.3 Å². The van der Waals surface area contributed by atoms with Gasteiger partial charge in [0, 0.05) is 30.7 Å². The maximum Gasteiger partial charge on any atom is 0.239 e. The number of anilines is 1. The third-order valence-corrected chi connectivity index (χ3v) is 5.02. The van der Waals surface area contributed by atoms with Gasteiger partial charge in [-0.1, -0.05) is 0 Å². The van der Waals surface area contributed by atoms with E-state index >= 15 is 0 Å². The zero-order chi connectivity index (χ0) is 18.8. The predicted octanol–water partition coefficient (Wildman–Crippen LogP) is 2.17. The molecule has 0 aromatic carbocycles. The maximum absolute atomic E-state index is 12.4. The summed E-state index contributed by atoms with van der Waals surface area (Å²) in [6.07, 6.45) is 2.04. The minimum absolute atomic E-state index is 0.186. The second-order valence-electron chi connectivity index (χ2n) is 6.44. The summed E-state index contributed by atoms with van der Waals surface area (Å²) >= 11 is 1.46. The predicted molar refractivity (Wildman–Crippen MR) is 101 cm³/mol. The Labute approximate surface area is 159 Å². The first-order valence-corrected chi connectivity index (χ1v) is 9.51. The number of nitrogens with zero attached hydrogens (tertiary/aromatic N) is 4. The number of amides is 1. The number of thiazole rings is 1. The smallest absolute Gasteiger partial charge is 0.239 e. The fourth-order valence-electron chi connectivity index (χ4n) is 2.98. The molecule has 0 saturated carbocycles. The molecule has 1 aliphatic heterocycles. The van der Waals surface area contributed by atoms with E-state index in [1.807, 2.05) is 23.3 Å². The number of carbonyl (C=O) groups excluding carboxylic acids is 1. The van der Waals surface area contributed by atoms with Gasteiger partial charge in [0.15, 0.2) is 11.6 Å². The number of rotatable bonds is 5. The summed E-state index contributed by atoms with van der Waals surface area (Å²) in [5.74, 6) is 1.89. The Bertz CT molecular complexity index is 940. The van der Waals surface area contributed by atoms with Crippen LogP contribution < -0.4 is 5.32 Å². The van der Waals surface area contributed by atoms with E-state index in [9.17, 15) is 9.90 Å². The number of likely N-dealkylation sites (tertiary alicyclic amines) is 1. The molecule has 1 saturated heterocycles.